The van der Waals surface area contributed by atoms with E-state index in [4.69, 9.17) is 0 Å². The molecule has 0 spiro atoms. The van der Waals surface area contributed by atoms with Gasteiger partial charge in [-0.15, -0.1) is 0 Å². The number of hydrogen-bond donors (Lipinski definition) is 0. The van der Waals surface area contributed by atoms with Crippen LogP contribution in [0.4, 0.5) is 5.69 Å². The Bertz CT molecular complexity index is 937. The van der Waals surface area contributed by atoms with Gasteiger partial charge in [-0.1, -0.05) is 0 Å². The van der Waals surface area contributed by atoms with E-state index >= 15 is 0 Å². The van der Waals surface area contributed by atoms with Crippen LogP contribution in [0.2, 0.25) is 0 Å². The van der Waals surface area contributed by atoms with E-state index in [1.54, 1.807) is 14.2 Å². The van der Waals surface area contributed by atoms with E-state index in [9.17, 15) is 8.42 Å². The number of hydrogen-bond acceptors (Lipinski definition) is 2. The van der Waals surface area contributed by atoms with Crippen molar-refractivity contribution in [1.82, 2.24) is 0 Å². The Morgan fingerprint density at radius 1 is 0.720 bits per heavy atom. The van der Waals surface area contributed by atoms with Crippen LogP contribution in [0.25, 0.3) is 0 Å². The fourth-order valence-electron chi connectivity index (χ4n) is 2.61. The third-order valence-electron chi connectivity index (χ3n) is 4.10. The summed E-state index contributed by atoms with van der Waals surface area (Å²) in [5.74, 6) is 0. The van der Waals surface area contributed by atoms with Gasteiger partial charge in [-0.3, -0.25) is 0 Å². The van der Waals surface area contributed by atoms with E-state index in [-0.39, 0.29) is 0 Å². The van der Waals surface area contributed by atoms with Crippen LogP contribution in [-0.2, 0) is 34.9 Å². The van der Waals surface area contributed by atoms with E-state index in [0.717, 1.165) is 11.3 Å². The number of anilines is 1. The first-order valence-electron chi connectivity index (χ1n) is 8.17. The summed E-state index contributed by atoms with van der Waals surface area (Å²) in [6.07, 6.45) is 0. The molecule has 3 aromatic rings. The fourth-order valence-corrected chi connectivity index (χ4v) is 13.5. The monoisotopic (exact) mass is 539 g/mol. The number of nitrogens with zero attached hydrogens (tertiary/aromatic N) is 1. The molecule has 0 saturated heterocycles. The molecular weight excluding hydrogens is 519 g/mol. The van der Waals surface area contributed by atoms with Crippen molar-refractivity contribution in [3.63, 3.8) is 0 Å². The van der Waals surface area contributed by atoms with E-state index in [1.165, 1.54) is 8.64 Å². The van der Waals surface area contributed by atoms with Crippen LogP contribution in [0, 0.1) is 13.8 Å². The molecule has 0 heterocycles. The Kier molecular flexibility index (Phi) is 5.59. The summed E-state index contributed by atoms with van der Waals surface area (Å²) in [7, 11) is -3.55. The molecule has 0 aliphatic rings. The van der Waals surface area contributed by atoms with Crippen LogP contribution in [0.1, 0.15) is 11.1 Å². The van der Waals surface area contributed by atoms with Crippen molar-refractivity contribution in [3.05, 3.63) is 90.0 Å². The molecule has 0 radical (unpaired) electrons. The van der Waals surface area contributed by atoms with Gasteiger partial charge >= 0.3 is 163 Å². The third-order valence-corrected chi connectivity index (χ3v) is 16.6. The normalized spacial score (nSPS) is 11.0. The van der Waals surface area contributed by atoms with Crippen molar-refractivity contribution in [2.75, 3.05) is 2.07 Å². The second-order valence-electron chi connectivity index (χ2n) is 6.15. The van der Waals surface area contributed by atoms with Gasteiger partial charge in [0.05, 0.1) is 0 Å². The SMILES string of the molecule is Cc1cc[c]([Hg][N](c2ccccc2)S(=O)(=O)c2ccc(C)cc2)cc1. The molecule has 0 aliphatic heterocycles. The molecule has 0 unspecified atom stereocenters. The molecule has 0 aromatic heterocycles. The minimum absolute atomic E-state index is 0.356. The topological polar surface area (TPSA) is 37.4 Å². The van der Waals surface area contributed by atoms with Gasteiger partial charge in [-0.2, -0.15) is 0 Å². The molecule has 3 rings (SSSR count). The number of aryl methyl sites for hydroxylation is 2. The quantitative estimate of drug-likeness (QED) is 0.464. The predicted molar refractivity (Wildman–Crippen MR) is 98.1 cm³/mol. The standard InChI is InChI=1S/C13H12NO2S.C7H7.Hg/c1-11-7-9-13(10-8-11)17(15,16)14-12-5-3-2-4-6-12;1-7-5-3-2-4-6-7;/h2-10H,1H3;3-6H,1H3;/q-1;;+1. The van der Waals surface area contributed by atoms with E-state index in [0.29, 0.717) is 4.90 Å². The van der Waals surface area contributed by atoms with Gasteiger partial charge in [0.1, 0.15) is 0 Å². The van der Waals surface area contributed by atoms with Crippen LogP contribution >= 0.6 is 0 Å². The second-order valence-corrected chi connectivity index (χ2v) is 16.7. The van der Waals surface area contributed by atoms with Crippen LogP contribution < -0.4 is 5.14 Å². The Morgan fingerprint density at radius 2 is 1.24 bits per heavy atom. The van der Waals surface area contributed by atoms with Gasteiger partial charge in [-0.05, 0) is 0 Å². The molecule has 0 bridgehead atoms. The van der Waals surface area contributed by atoms with Crippen molar-refractivity contribution in [2.45, 2.75) is 18.7 Å². The zero-order valence-corrected chi connectivity index (χ0v) is 20.7. The van der Waals surface area contributed by atoms with Crippen molar-refractivity contribution in [1.29, 1.82) is 0 Å². The maximum atomic E-state index is 13.3. The number of benzene rings is 3. The van der Waals surface area contributed by atoms with Gasteiger partial charge in [0.25, 0.3) is 0 Å². The zero-order valence-electron chi connectivity index (χ0n) is 14.4. The Labute approximate surface area is 162 Å². The Balaban J connectivity index is 2.04. The maximum absolute atomic E-state index is 13.3. The van der Waals surface area contributed by atoms with Crippen LogP contribution in [-0.4, -0.2) is 8.42 Å². The summed E-state index contributed by atoms with van der Waals surface area (Å²) in [5, 5.41) is 0. The van der Waals surface area contributed by atoms with Crippen LogP contribution in [0.15, 0.2) is 83.8 Å². The first-order chi connectivity index (χ1) is 12.0. The van der Waals surface area contributed by atoms with Crippen molar-refractivity contribution in [3.8, 4) is 0 Å². The summed E-state index contributed by atoms with van der Waals surface area (Å²) < 4.78 is 29.4. The molecule has 0 aliphatic carbocycles. The average Bonchev–Trinajstić information content (AvgIpc) is 2.62. The van der Waals surface area contributed by atoms with E-state index < -0.39 is 34.9 Å². The van der Waals surface area contributed by atoms with Crippen LogP contribution in [0.3, 0.4) is 0 Å². The van der Waals surface area contributed by atoms with E-state index in [1.807, 2.05) is 56.3 Å². The van der Waals surface area contributed by atoms with Gasteiger partial charge in [0.2, 0.25) is 0 Å². The minimum atomic E-state index is -3.55. The zero-order chi connectivity index (χ0) is 17.9. The third kappa shape index (κ3) is 4.31. The van der Waals surface area contributed by atoms with Gasteiger partial charge in [0, 0.05) is 0 Å². The molecule has 3 aromatic carbocycles. The molecule has 25 heavy (non-hydrogen) atoms. The summed E-state index contributed by atoms with van der Waals surface area (Å²) >= 11 is -2.13. The summed E-state index contributed by atoms with van der Waals surface area (Å²) in [4.78, 5) is 0.356. The molecule has 0 fully saturated rings. The molecule has 124 valence electrons. The van der Waals surface area contributed by atoms with Crippen molar-refractivity contribution in [2.24, 2.45) is 0 Å². The van der Waals surface area contributed by atoms with Crippen molar-refractivity contribution < 1.29 is 33.3 Å². The number of rotatable bonds is 5. The molecule has 0 N–H and O–H groups in total. The van der Waals surface area contributed by atoms with Gasteiger partial charge < -0.3 is 0 Å². The van der Waals surface area contributed by atoms with Gasteiger partial charge in [-0.25, -0.2) is 0 Å². The molecule has 0 amide bonds. The van der Waals surface area contributed by atoms with Crippen LogP contribution in [0.5, 0.6) is 0 Å². The molecule has 0 atom stereocenters. The second kappa shape index (κ2) is 7.71. The number of sulfonamides is 1. The first-order valence-corrected chi connectivity index (χ1v) is 14.8. The first kappa shape index (κ1) is 18.1. The molecular formula is C20H19HgNO2S. The number of para-hydroxylation sites is 1. The average molecular weight is 538 g/mol. The van der Waals surface area contributed by atoms with Crippen molar-refractivity contribution >= 4 is 18.8 Å². The fraction of sp³-hybridized carbons (Fsp3) is 0.100. The molecule has 0 saturated carbocycles. The Hall–Kier alpha value is -1.65. The molecule has 5 heteroatoms. The summed E-state index contributed by atoms with van der Waals surface area (Å²) in [6.45, 7) is 4.00. The van der Waals surface area contributed by atoms with E-state index in [2.05, 4.69) is 24.3 Å². The summed E-state index contributed by atoms with van der Waals surface area (Å²) in [6, 6.07) is 24.8. The van der Waals surface area contributed by atoms with Gasteiger partial charge in [0.15, 0.2) is 0 Å². The Morgan fingerprint density at radius 3 is 1.80 bits per heavy atom. The summed E-state index contributed by atoms with van der Waals surface area (Å²) in [5.41, 5.74) is 2.99. The molecule has 3 nitrogen and oxygen atoms in total. The predicted octanol–water partition coefficient (Wildman–Crippen LogP) is 3.82.